The van der Waals surface area contributed by atoms with Crippen molar-refractivity contribution in [3.05, 3.63) is 75.7 Å². The third-order valence-electron chi connectivity index (χ3n) is 4.99. The van der Waals surface area contributed by atoms with Crippen molar-refractivity contribution in [1.29, 1.82) is 0 Å². The summed E-state index contributed by atoms with van der Waals surface area (Å²) >= 11 is 1.54. The summed E-state index contributed by atoms with van der Waals surface area (Å²) < 4.78 is 16.5. The molecular formula is C24H21NO5S. The number of carbonyl (C=O) groups excluding carboxylic acids is 2. The molecule has 0 atom stereocenters. The average molecular weight is 436 g/mol. The molecule has 2 aromatic carbocycles. The van der Waals surface area contributed by atoms with E-state index in [4.69, 9.17) is 13.9 Å². The van der Waals surface area contributed by atoms with Crippen LogP contribution in [0.4, 0.5) is 5.69 Å². The zero-order valence-electron chi connectivity index (χ0n) is 17.4. The van der Waals surface area contributed by atoms with Crippen LogP contribution in [0.3, 0.4) is 0 Å². The largest absolute Gasteiger partial charge is 0.497 e. The lowest BCUT2D eigenvalue weighted by molar-refractivity contribution is -0.115. The summed E-state index contributed by atoms with van der Waals surface area (Å²) in [5.41, 5.74) is 2.27. The molecule has 0 radical (unpaired) electrons. The Bertz CT molecular complexity index is 1260. The summed E-state index contributed by atoms with van der Waals surface area (Å²) in [6.07, 6.45) is 0.319. The molecule has 31 heavy (non-hydrogen) atoms. The number of nitrogens with one attached hydrogen (secondary N) is 1. The number of methoxy groups -OCH3 is 2. The fourth-order valence-electron chi connectivity index (χ4n) is 3.41. The maximum Gasteiger partial charge on any atom is 0.232 e. The first kappa shape index (κ1) is 20.7. The molecule has 4 aromatic rings. The Hall–Kier alpha value is -3.58. The van der Waals surface area contributed by atoms with Crippen LogP contribution in [0.2, 0.25) is 0 Å². The molecule has 2 heterocycles. The molecule has 2 aromatic heterocycles. The zero-order chi connectivity index (χ0) is 22.0. The number of rotatable bonds is 7. The summed E-state index contributed by atoms with van der Waals surface area (Å²) in [6, 6.07) is 14.2. The Morgan fingerprint density at radius 1 is 1.06 bits per heavy atom. The van der Waals surface area contributed by atoms with Crippen LogP contribution in [0.15, 0.2) is 58.3 Å². The number of thiophene rings is 1. The van der Waals surface area contributed by atoms with Gasteiger partial charge in [0, 0.05) is 21.5 Å². The minimum Gasteiger partial charge on any atom is -0.497 e. The molecule has 0 saturated carbocycles. The van der Waals surface area contributed by atoms with Gasteiger partial charge in [0.2, 0.25) is 11.7 Å². The second-order valence-electron chi connectivity index (χ2n) is 6.97. The number of ketones is 1. The highest BCUT2D eigenvalue weighted by Gasteiger charge is 2.23. The van der Waals surface area contributed by atoms with Crippen molar-refractivity contribution in [2.24, 2.45) is 0 Å². The van der Waals surface area contributed by atoms with Gasteiger partial charge in [-0.3, -0.25) is 9.59 Å². The summed E-state index contributed by atoms with van der Waals surface area (Å²) in [4.78, 5) is 26.5. The van der Waals surface area contributed by atoms with Crippen molar-refractivity contribution < 1.29 is 23.5 Å². The van der Waals surface area contributed by atoms with Gasteiger partial charge in [-0.2, -0.15) is 0 Å². The Morgan fingerprint density at radius 2 is 1.90 bits per heavy atom. The van der Waals surface area contributed by atoms with Gasteiger partial charge in [-0.15, -0.1) is 11.3 Å². The number of aryl methyl sites for hydroxylation is 1. The molecule has 0 spiro atoms. The summed E-state index contributed by atoms with van der Waals surface area (Å²) in [5, 5.41) is 5.61. The minimum atomic E-state index is -0.298. The molecule has 4 rings (SSSR count). The molecule has 1 N–H and O–H groups in total. The van der Waals surface area contributed by atoms with Crippen molar-refractivity contribution in [1.82, 2.24) is 0 Å². The van der Waals surface area contributed by atoms with Gasteiger partial charge < -0.3 is 19.2 Å². The normalized spacial score (nSPS) is 10.8. The molecule has 1 amide bonds. The number of furan rings is 1. The second-order valence-corrected chi connectivity index (χ2v) is 8.00. The third kappa shape index (κ3) is 4.18. The smallest absolute Gasteiger partial charge is 0.232 e. The molecule has 158 valence electrons. The molecule has 0 unspecified atom stereocenters. The first-order valence-electron chi connectivity index (χ1n) is 9.62. The lowest BCUT2D eigenvalue weighted by Gasteiger charge is -2.08. The number of fused-ring (bicyclic) bond motifs is 1. The maximum absolute atomic E-state index is 13.2. The van der Waals surface area contributed by atoms with Crippen molar-refractivity contribution >= 4 is 39.7 Å². The van der Waals surface area contributed by atoms with E-state index < -0.39 is 0 Å². The predicted octanol–water partition coefficient (Wildman–Crippen LogP) is 5.23. The minimum absolute atomic E-state index is 0.0969. The SMILES string of the molecule is COc1ccc(OC)c(C(=O)c2oc3ccc(NC(=O)Cc4cccs4)cc3c2C)c1. The van der Waals surface area contributed by atoms with Crippen LogP contribution in [-0.2, 0) is 11.2 Å². The van der Waals surface area contributed by atoms with E-state index in [1.165, 1.54) is 14.2 Å². The van der Waals surface area contributed by atoms with Crippen molar-refractivity contribution in [3.8, 4) is 11.5 Å². The van der Waals surface area contributed by atoms with Gasteiger partial charge in [0.15, 0.2) is 5.76 Å². The number of carbonyl (C=O) groups is 2. The van der Waals surface area contributed by atoms with Gasteiger partial charge in [-0.1, -0.05) is 6.07 Å². The van der Waals surface area contributed by atoms with E-state index in [1.54, 1.807) is 41.7 Å². The molecule has 0 fully saturated rings. The predicted molar refractivity (Wildman–Crippen MR) is 121 cm³/mol. The van der Waals surface area contributed by atoms with E-state index >= 15 is 0 Å². The summed E-state index contributed by atoms with van der Waals surface area (Å²) in [6.45, 7) is 1.82. The zero-order valence-corrected chi connectivity index (χ0v) is 18.2. The number of anilines is 1. The molecular weight excluding hydrogens is 414 g/mol. The molecule has 0 bridgehead atoms. The number of amides is 1. The number of hydrogen-bond acceptors (Lipinski definition) is 6. The molecule has 0 aliphatic heterocycles. The van der Waals surface area contributed by atoms with Crippen LogP contribution < -0.4 is 14.8 Å². The first-order chi connectivity index (χ1) is 15.0. The van der Waals surface area contributed by atoms with Crippen LogP contribution in [0, 0.1) is 6.92 Å². The van der Waals surface area contributed by atoms with Crippen molar-refractivity contribution in [2.75, 3.05) is 19.5 Å². The van der Waals surface area contributed by atoms with Crippen LogP contribution in [-0.4, -0.2) is 25.9 Å². The summed E-state index contributed by atoms with van der Waals surface area (Å²) in [5.74, 6) is 0.817. The van der Waals surface area contributed by atoms with E-state index in [0.29, 0.717) is 40.3 Å². The third-order valence-corrected chi connectivity index (χ3v) is 5.87. The lowest BCUT2D eigenvalue weighted by atomic mass is 10.0. The lowest BCUT2D eigenvalue weighted by Crippen LogP contribution is -2.13. The highest BCUT2D eigenvalue weighted by molar-refractivity contribution is 7.10. The summed E-state index contributed by atoms with van der Waals surface area (Å²) in [7, 11) is 3.05. The van der Waals surface area contributed by atoms with Gasteiger partial charge in [0.25, 0.3) is 0 Å². The Kier molecular flexibility index (Phi) is 5.77. The van der Waals surface area contributed by atoms with Crippen LogP contribution >= 0.6 is 11.3 Å². The van der Waals surface area contributed by atoms with Gasteiger partial charge in [0.05, 0.1) is 26.2 Å². The molecule has 0 saturated heterocycles. The monoisotopic (exact) mass is 435 g/mol. The van der Waals surface area contributed by atoms with E-state index in [2.05, 4.69) is 5.32 Å². The fourth-order valence-corrected chi connectivity index (χ4v) is 4.11. The number of ether oxygens (including phenoxy) is 2. The number of benzene rings is 2. The Labute approximate surface area is 183 Å². The van der Waals surface area contributed by atoms with Crippen LogP contribution in [0.5, 0.6) is 11.5 Å². The molecule has 6 nitrogen and oxygen atoms in total. The maximum atomic E-state index is 13.2. The standard InChI is InChI=1S/C24H21NO5S/c1-14-18-11-15(25-22(26)13-17-5-4-10-31-17)6-8-21(18)30-24(14)23(27)19-12-16(28-2)7-9-20(19)29-3/h4-12H,13H2,1-3H3,(H,25,26). The van der Waals surface area contributed by atoms with Crippen LogP contribution in [0.1, 0.15) is 26.6 Å². The average Bonchev–Trinajstić information content (AvgIpc) is 3.40. The molecule has 0 aliphatic rings. The van der Waals surface area contributed by atoms with E-state index in [1.807, 2.05) is 30.5 Å². The van der Waals surface area contributed by atoms with Crippen molar-refractivity contribution in [2.45, 2.75) is 13.3 Å². The van der Waals surface area contributed by atoms with E-state index in [-0.39, 0.29) is 17.5 Å². The molecule has 0 aliphatic carbocycles. The van der Waals surface area contributed by atoms with Gasteiger partial charge in [-0.05, 0) is 54.8 Å². The van der Waals surface area contributed by atoms with Gasteiger partial charge in [0.1, 0.15) is 17.1 Å². The topological polar surface area (TPSA) is 77.8 Å². The Balaban J connectivity index is 1.64. The van der Waals surface area contributed by atoms with Gasteiger partial charge >= 0.3 is 0 Å². The highest BCUT2D eigenvalue weighted by Crippen LogP contribution is 2.32. The van der Waals surface area contributed by atoms with Crippen LogP contribution in [0.25, 0.3) is 11.0 Å². The fraction of sp³-hybridized carbons (Fsp3) is 0.167. The number of hydrogen-bond donors (Lipinski definition) is 1. The van der Waals surface area contributed by atoms with E-state index in [0.717, 1.165) is 10.3 Å². The second kappa shape index (κ2) is 8.65. The first-order valence-corrected chi connectivity index (χ1v) is 10.5. The van der Waals surface area contributed by atoms with E-state index in [9.17, 15) is 9.59 Å². The van der Waals surface area contributed by atoms with Crippen molar-refractivity contribution in [3.63, 3.8) is 0 Å². The van der Waals surface area contributed by atoms with Gasteiger partial charge in [-0.25, -0.2) is 0 Å². The molecule has 7 heteroatoms. The Morgan fingerprint density at radius 3 is 2.61 bits per heavy atom. The highest BCUT2D eigenvalue weighted by atomic mass is 32.1. The quantitative estimate of drug-likeness (QED) is 0.402.